The van der Waals surface area contributed by atoms with Crippen LogP contribution in [0.3, 0.4) is 0 Å². The molecule has 1 N–H and O–H groups in total. The predicted molar refractivity (Wildman–Crippen MR) is 167 cm³/mol. The first-order chi connectivity index (χ1) is 19.9. The molecule has 0 aliphatic heterocycles. The van der Waals surface area contributed by atoms with Gasteiger partial charge in [-0.25, -0.2) is 4.79 Å². The van der Waals surface area contributed by atoms with E-state index >= 15 is 0 Å². The second kappa shape index (κ2) is 17.5. The van der Waals surface area contributed by atoms with Gasteiger partial charge in [-0.15, -0.1) is 0 Å². The van der Waals surface area contributed by atoms with Gasteiger partial charge in [0.15, 0.2) is 0 Å². The van der Waals surface area contributed by atoms with E-state index in [0.29, 0.717) is 51.6 Å². The highest BCUT2D eigenvalue weighted by Gasteiger charge is 2.22. The molecular weight excluding hydrogens is 584 g/mol. The van der Waals surface area contributed by atoms with Gasteiger partial charge in [-0.05, 0) is 80.8 Å². The van der Waals surface area contributed by atoms with Crippen molar-refractivity contribution in [3.8, 4) is 5.75 Å². The van der Waals surface area contributed by atoms with E-state index in [1.54, 1.807) is 17.0 Å². The van der Waals surface area contributed by atoms with Crippen LogP contribution < -0.4 is 10.1 Å². The van der Waals surface area contributed by atoms with Crippen molar-refractivity contribution < 1.29 is 19.1 Å². The maximum atomic E-state index is 13.7. The molecule has 0 unspecified atom stereocenters. The lowest BCUT2D eigenvalue weighted by molar-refractivity contribution is -0.132. The Morgan fingerprint density at radius 3 is 2.32 bits per heavy atom. The number of carbonyl (C=O) groups excluding carboxylic acids is 2. The van der Waals surface area contributed by atoms with Crippen molar-refractivity contribution in [3.63, 3.8) is 0 Å². The van der Waals surface area contributed by atoms with Gasteiger partial charge in [0.2, 0.25) is 5.91 Å². The van der Waals surface area contributed by atoms with Gasteiger partial charge in [-0.2, -0.15) is 0 Å². The Hall–Kier alpha value is -3.30. The molecule has 2 aromatic carbocycles. The monoisotopic (exact) mass is 626 g/mol. The van der Waals surface area contributed by atoms with Gasteiger partial charge in [0.05, 0.1) is 13.2 Å². The Morgan fingerprint density at radius 1 is 0.902 bits per heavy atom. The molecule has 8 nitrogen and oxygen atoms in total. The van der Waals surface area contributed by atoms with E-state index in [4.69, 9.17) is 9.47 Å². The van der Waals surface area contributed by atoms with Gasteiger partial charge in [0, 0.05) is 54.9 Å². The van der Waals surface area contributed by atoms with E-state index in [0.717, 1.165) is 35.3 Å². The first kappa shape index (κ1) is 32.2. The Bertz CT molecular complexity index is 1200. The minimum Gasteiger partial charge on any atom is -0.494 e. The minimum atomic E-state index is -0.312. The summed E-state index contributed by atoms with van der Waals surface area (Å²) < 4.78 is 14.2. The minimum absolute atomic E-state index is 0.00781. The number of urea groups is 1. The van der Waals surface area contributed by atoms with Crippen LogP contribution in [0.15, 0.2) is 71.3 Å². The topological polar surface area (TPSA) is 76.0 Å². The largest absolute Gasteiger partial charge is 0.494 e. The number of anilines is 1. The summed E-state index contributed by atoms with van der Waals surface area (Å²) in [4.78, 5) is 30.5. The number of hydrogen-bond donors (Lipinski definition) is 1. The first-order valence-electron chi connectivity index (χ1n) is 14.5. The number of hydrogen-bond acceptors (Lipinski definition) is 4. The van der Waals surface area contributed by atoms with Gasteiger partial charge in [0.25, 0.3) is 0 Å². The lowest BCUT2D eigenvalue weighted by Crippen LogP contribution is -2.45. The SMILES string of the molecule is CCCCN(Cc1cccn1Cc1ccc(Br)cc1)C(=O)CN(CCCOCC)C(=O)Nc1ccc(OCC)cc1. The van der Waals surface area contributed by atoms with Crippen LogP contribution in [0.25, 0.3) is 0 Å². The van der Waals surface area contributed by atoms with E-state index in [-0.39, 0.29) is 18.5 Å². The molecule has 0 atom stereocenters. The Morgan fingerprint density at radius 2 is 1.63 bits per heavy atom. The third-order valence-corrected chi connectivity index (χ3v) is 7.16. The molecule has 0 aliphatic rings. The average Bonchev–Trinajstić information content (AvgIpc) is 3.41. The molecular formula is C32H43BrN4O4. The van der Waals surface area contributed by atoms with Crippen LogP contribution in [0.2, 0.25) is 0 Å². The van der Waals surface area contributed by atoms with Crippen molar-refractivity contribution in [1.82, 2.24) is 14.4 Å². The smallest absolute Gasteiger partial charge is 0.322 e. The van der Waals surface area contributed by atoms with E-state index in [1.165, 1.54) is 5.56 Å². The summed E-state index contributed by atoms with van der Waals surface area (Å²) in [6, 6.07) is 19.3. The molecule has 3 rings (SSSR count). The van der Waals surface area contributed by atoms with Gasteiger partial charge in [0.1, 0.15) is 12.3 Å². The molecule has 3 aromatic rings. The highest BCUT2D eigenvalue weighted by molar-refractivity contribution is 9.10. The Kier molecular flexibility index (Phi) is 13.8. The summed E-state index contributed by atoms with van der Waals surface area (Å²) in [5, 5.41) is 2.94. The van der Waals surface area contributed by atoms with Crippen molar-refractivity contribution in [1.29, 1.82) is 0 Å². The lowest BCUT2D eigenvalue weighted by Gasteiger charge is -2.28. The summed E-state index contributed by atoms with van der Waals surface area (Å²) in [5.74, 6) is 0.666. The molecule has 0 spiro atoms. The van der Waals surface area contributed by atoms with E-state index in [9.17, 15) is 9.59 Å². The van der Waals surface area contributed by atoms with Crippen LogP contribution in [0.4, 0.5) is 10.5 Å². The number of nitrogens with one attached hydrogen (secondary N) is 1. The van der Waals surface area contributed by atoms with Crippen molar-refractivity contribution in [2.45, 2.75) is 53.1 Å². The Balaban J connectivity index is 1.71. The molecule has 0 bridgehead atoms. The number of ether oxygens (including phenoxy) is 2. The number of amides is 3. The predicted octanol–water partition coefficient (Wildman–Crippen LogP) is 6.79. The number of rotatable bonds is 17. The van der Waals surface area contributed by atoms with E-state index < -0.39 is 0 Å². The van der Waals surface area contributed by atoms with Gasteiger partial charge < -0.3 is 29.2 Å². The fourth-order valence-electron chi connectivity index (χ4n) is 4.39. The molecule has 0 aliphatic carbocycles. The van der Waals surface area contributed by atoms with Gasteiger partial charge >= 0.3 is 6.03 Å². The standard InChI is InChI=1S/C32H43BrN4O4/c1-4-7-19-36(24-29-10-8-20-35(29)23-26-11-13-27(33)14-12-26)31(38)25-37(21-9-22-40-5-2)32(39)34-28-15-17-30(18-16-28)41-6-3/h8,10-18,20H,4-7,9,19,21-25H2,1-3H3,(H,34,39). The fraction of sp³-hybridized carbons (Fsp3) is 0.438. The molecule has 0 saturated heterocycles. The highest BCUT2D eigenvalue weighted by atomic mass is 79.9. The maximum Gasteiger partial charge on any atom is 0.322 e. The molecule has 41 heavy (non-hydrogen) atoms. The molecule has 1 heterocycles. The van der Waals surface area contributed by atoms with Crippen molar-refractivity contribution in [2.24, 2.45) is 0 Å². The number of halogens is 1. The Labute approximate surface area is 252 Å². The summed E-state index contributed by atoms with van der Waals surface area (Å²) >= 11 is 3.49. The second-order valence-electron chi connectivity index (χ2n) is 9.78. The third-order valence-electron chi connectivity index (χ3n) is 6.63. The van der Waals surface area contributed by atoms with E-state index in [1.807, 2.05) is 55.3 Å². The zero-order chi connectivity index (χ0) is 29.5. The molecule has 3 amide bonds. The molecule has 0 fully saturated rings. The lowest BCUT2D eigenvalue weighted by atomic mass is 10.2. The fourth-order valence-corrected chi connectivity index (χ4v) is 4.66. The number of aromatic nitrogens is 1. The van der Waals surface area contributed by atoms with Gasteiger partial charge in [-0.1, -0.05) is 41.4 Å². The second-order valence-corrected chi connectivity index (χ2v) is 10.7. The van der Waals surface area contributed by atoms with Crippen LogP contribution in [-0.2, 0) is 22.6 Å². The molecule has 222 valence electrons. The molecule has 0 radical (unpaired) electrons. The summed E-state index contributed by atoms with van der Waals surface area (Å²) in [5.41, 5.74) is 2.89. The number of nitrogens with zero attached hydrogens (tertiary/aromatic N) is 3. The average molecular weight is 628 g/mol. The summed E-state index contributed by atoms with van der Waals surface area (Å²) in [6.07, 6.45) is 4.55. The van der Waals surface area contributed by atoms with Crippen LogP contribution >= 0.6 is 15.9 Å². The zero-order valence-electron chi connectivity index (χ0n) is 24.5. The van der Waals surface area contributed by atoms with Crippen LogP contribution in [-0.4, -0.2) is 65.8 Å². The van der Waals surface area contributed by atoms with Crippen molar-refractivity contribution in [3.05, 3.63) is 82.6 Å². The molecule has 1 aromatic heterocycles. The number of unbranched alkanes of at least 4 members (excludes halogenated alkanes) is 1. The highest BCUT2D eigenvalue weighted by Crippen LogP contribution is 2.17. The summed E-state index contributed by atoms with van der Waals surface area (Å²) in [7, 11) is 0. The van der Waals surface area contributed by atoms with E-state index in [2.05, 4.69) is 50.9 Å². The molecule has 9 heteroatoms. The van der Waals surface area contributed by atoms with Crippen molar-refractivity contribution in [2.75, 3.05) is 44.8 Å². The number of benzene rings is 2. The van der Waals surface area contributed by atoms with Crippen LogP contribution in [0.1, 0.15) is 51.3 Å². The maximum absolute atomic E-state index is 13.7. The normalized spacial score (nSPS) is 10.8. The summed E-state index contributed by atoms with van der Waals surface area (Å²) in [6.45, 7) is 9.94. The first-order valence-corrected chi connectivity index (χ1v) is 15.3. The zero-order valence-corrected chi connectivity index (χ0v) is 26.1. The van der Waals surface area contributed by atoms with Gasteiger partial charge in [-0.3, -0.25) is 4.79 Å². The molecule has 0 saturated carbocycles. The van der Waals surface area contributed by atoms with Crippen molar-refractivity contribution >= 4 is 33.6 Å². The third kappa shape index (κ3) is 10.9. The van der Waals surface area contributed by atoms with Crippen LogP contribution in [0.5, 0.6) is 5.75 Å². The quantitative estimate of drug-likeness (QED) is 0.167. The number of carbonyl (C=O) groups is 2. The van der Waals surface area contributed by atoms with Crippen LogP contribution in [0, 0.1) is 0 Å².